The monoisotopic (exact) mass is 652 g/mol. The van der Waals surface area contributed by atoms with Crippen LogP contribution < -0.4 is 4.74 Å². The highest BCUT2D eigenvalue weighted by molar-refractivity contribution is 6.12. The third kappa shape index (κ3) is 10.2. The van der Waals surface area contributed by atoms with Crippen molar-refractivity contribution in [3.8, 4) is 5.75 Å². The van der Waals surface area contributed by atoms with Crippen molar-refractivity contribution < 1.29 is 38.0 Å². The Morgan fingerprint density at radius 2 is 1.72 bits per heavy atom. The van der Waals surface area contributed by atoms with E-state index in [2.05, 4.69) is 31.2 Å². The number of hydrogen-bond acceptors (Lipinski definition) is 8. The molecule has 2 aliphatic carbocycles. The van der Waals surface area contributed by atoms with Gasteiger partial charge in [0, 0.05) is 25.9 Å². The molecule has 1 saturated carbocycles. The van der Waals surface area contributed by atoms with Crippen LogP contribution in [0.4, 0.5) is 0 Å². The van der Waals surface area contributed by atoms with E-state index in [1.54, 1.807) is 14.2 Å². The van der Waals surface area contributed by atoms with E-state index in [0.717, 1.165) is 55.4 Å². The second-order valence-corrected chi connectivity index (χ2v) is 13.0. The number of fused-ring (bicyclic) bond motifs is 2. The van der Waals surface area contributed by atoms with Crippen molar-refractivity contribution in [2.75, 3.05) is 40.8 Å². The molecule has 3 aliphatic rings. The number of unbranched alkanes of at least 4 members (excludes halogenated alkanes) is 3. The molecule has 1 saturated heterocycles. The Kier molecular flexibility index (Phi) is 15.4. The Morgan fingerprint density at radius 3 is 2.43 bits per heavy atom. The molecule has 1 aromatic carbocycles. The number of allylic oxidation sites excluding steroid dienone is 5. The van der Waals surface area contributed by atoms with E-state index in [9.17, 15) is 9.59 Å². The highest BCUT2D eigenvalue weighted by Crippen LogP contribution is 2.46. The Balaban J connectivity index is 1.58. The van der Waals surface area contributed by atoms with Crippen LogP contribution in [0.3, 0.4) is 0 Å². The SMILES string of the molecule is C/C=C/CCCCC[C@@H]1C=C2C(=O)[C@H](C(=O)CC[C@H]2COCc2ccc(OC)cc2)[C@@H]1C[C@@H](OCOC)C1(CC/C=C/C)OCCO1. The normalized spacial score (nSPS) is 25.0. The maximum absolute atomic E-state index is 14.3. The van der Waals surface area contributed by atoms with Crippen LogP contribution in [0.25, 0.3) is 0 Å². The second-order valence-electron chi connectivity index (χ2n) is 13.0. The molecule has 1 aromatic rings. The van der Waals surface area contributed by atoms with Crippen LogP contribution in [0.15, 0.2) is 60.2 Å². The van der Waals surface area contributed by atoms with Gasteiger partial charge in [-0.2, -0.15) is 0 Å². The maximum Gasteiger partial charge on any atom is 0.195 e. The summed E-state index contributed by atoms with van der Waals surface area (Å²) in [6.07, 6.45) is 18.2. The molecular formula is C39H56O8. The molecule has 2 bridgehead atoms. The first-order valence-electron chi connectivity index (χ1n) is 17.6. The van der Waals surface area contributed by atoms with Gasteiger partial charge >= 0.3 is 0 Å². The number of ketones is 2. The number of hydrogen-bond donors (Lipinski definition) is 0. The molecule has 2 fully saturated rings. The maximum atomic E-state index is 14.3. The van der Waals surface area contributed by atoms with E-state index in [1.165, 1.54) is 0 Å². The predicted octanol–water partition coefficient (Wildman–Crippen LogP) is 7.55. The Hall–Kier alpha value is -2.62. The van der Waals surface area contributed by atoms with Gasteiger partial charge in [0.25, 0.3) is 0 Å². The zero-order valence-electron chi connectivity index (χ0n) is 29.0. The largest absolute Gasteiger partial charge is 0.497 e. The first kappa shape index (κ1) is 37.2. The van der Waals surface area contributed by atoms with Crippen LogP contribution in [-0.4, -0.2) is 64.3 Å². The van der Waals surface area contributed by atoms with Crippen molar-refractivity contribution in [1.82, 2.24) is 0 Å². The van der Waals surface area contributed by atoms with Crippen LogP contribution in [0, 0.1) is 23.7 Å². The number of ether oxygens (including phenoxy) is 6. The van der Waals surface area contributed by atoms with Gasteiger partial charge in [0.05, 0.1) is 39.5 Å². The van der Waals surface area contributed by atoms with Crippen LogP contribution in [-0.2, 0) is 39.9 Å². The molecule has 0 N–H and O–H groups in total. The molecule has 0 radical (unpaired) electrons. The zero-order valence-corrected chi connectivity index (χ0v) is 29.0. The number of Topliss-reactive ketones (excluding diaryl/α,β-unsaturated/α-hetero) is 2. The molecule has 260 valence electrons. The van der Waals surface area contributed by atoms with Crippen LogP contribution in [0.1, 0.15) is 83.6 Å². The van der Waals surface area contributed by atoms with Gasteiger partial charge in [-0.05, 0) is 87.5 Å². The Morgan fingerprint density at radius 1 is 0.979 bits per heavy atom. The van der Waals surface area contributed by atoms with Gasteiger partial charge < -0.3 is 28.4 Å². The summed E-state index contributed by atoms with van der Waals surface area (Å²) in [4.78, 5) is 28.2. The number of methoxy groups -OCH3 is 2. The van der Waals surface area contributed by atoms with E-state index in [-0.39, 0.29) is 36.1 Å². The summed E-state index contributed by atoms with van der Waals surface area (Å²) in [5.74, 6) is -1.12. The average molecular weight is 653 g/mol. The minimum absolute atomic E-state index is 0.0306. The molecule has 1 aliphatic heterocycles. The highest BCUT2D eigenvalue weighted by Gasteiger charge is 2.51. The Labute approximate surface area is 281 Å². The average Bonchev–Trinajstić information content (AvgIpc) is 3.54. The van der Waals surface area contributed by atoms with E-state index in [1.807, 2.05) is 37.3 Å². The van der Waals surface area contributed by atoms with Gasteiger partial charge in [-0.15, -0.1) is 0 Å². The van der Waals surface area contributed by atoms with Gasteiger partial charge in [0.15, 0.2) is 11.6 Å². The van der Waals surface area contributed by atoms with Crippen LogP contribution in [0.2, 0.25) is 0 Å². The van der Waals surface area contributed by atoms with Crippen molar-refractivity contribution in [3.05, 3.63) is 65.8 Å². The molecule has 0 aromatic heterocycles. The summed E-state index contributed by atoms with van der Waals surface area (Å²) in [5.41, 5.74) is 1.81. The lowest BCUT2D eigenvalue weighted by Crippen LogP contribution is -2.49. The molecule has 0 unspecified atom stereocenters. The second kappa shape index (κ2) is 19.4. The minimum Gasteiger partial charge on any atom is -0.497 e. The van der Waals surface area contributed by atoms with Crippen molar-refractivity contribution in [2.45, 2.75) is 96.6 Å². The van der Waals surface area contributed by atoms with E-state index >= 15 is 0 Å². The number of carbonyl (C=O) groups is 2. The molecule has 8 heteroatoms. The molecule has 0 spiro atoms. The first-order valence-corrected chi connectivity index (χ1v) is 17.6. The van der Waals surface area contributed by atoms with Crippen molar-refractivity contribution in [2.24, 2.45) is 23.7 Å². The fourth-order valence-electron chi connectivity index (χ4n) is 7.40. The summed E-state index contributed by atoms with van der Waals surface area (Å²) >= 11 is 0. The standard InChI is InChI=1S/C39H56O8/c1-5-7-9-10-11-12-14-30-24-34-31(27-44-26-29-15-18-32(43-4)19-16-29)17-20-35(40)37(38(34)41)33(30)25-36(45-28-42-3)39(21-13-8-6-2)46-22-23-47-39/h5-8,15-16,18-19,24,30-31,33,36-37H,9-14,17,20-23,25-28H2,1-4H3/b7-5+,8-6+/t30-,31+,33-,36-,37+/m1/s1. The smallest absolute Gasteiger partial charge is 0.195 e. The van der Waals surface area contributed by atoms with Gasteiger partial charge in [-0.3, -0.25) is 9.59 Å². The van der Waals surface area contributed by atoms with Crippen molar-refractivity contribution >= 4 is 11.6 Å². The first-order chi connectivity index (χ1) is 23.0. The van der Waals surface area contributed by atoms with E-state index in [0.29, 0.717) is 52.1 Å². The fraction of sp³-hybridized carbons (Fsp3) is 0.641. The Bertz CT molecular complexity index is 1200. The predicted molar refractivity (Wildman–Crippen MR) is 182 cm³/mol. The lowest BCUT2D eigenvalue weighted by atomic mass is 9.66. The van der Waals surface area contributed by atoms with Gasteiger partial charge in [0.1, 0.15) is 24.4 Å². The quantitative estimate of drug-likeness (QED) is 0.0618. The fourth-order valence-corrected chi connectivity index (χ4v) is 7.40. The lowest BCUT2D eigenvalue weighted by Gasteiger charge is -2.41. The third-order valence-electron chi connectivity index (χ3n) is 9.89. The summed E-state index contributed by atoms with van der Waals surface area (Å²) < 4.78 is 35.7. The third-order valence-corrected chi connectivity index (χ3v) is 9.89. The molecule has 8 nitrogen and oxygen atoms in total. The van der Waals surface area contributed by atoms with Crippen molar-refractivity contribution in [3.63, 3.8) is 0 Å². The molecule has 0 amide bonds. The highest BCUT2D eigenvalue weighted by atomic mass is 16.8. The molecule has 1 heterocycles. The van der Waals surface area contributed by atoms with Crippen LogP contribution >= 0.6 is 0 Å². The zero-order chi connectivity index (χ0) is 33.5. The summed E-state index contributed by atoms with van der Waals surface area (Å²) in [5, 5.41) is 0. The molecule has 4 rings (SSSR count). The van der Waals surface area contributed by atoms with Gasteiger partial charge in [0.2, 0.25) is 0 Å². The molecular weight excluding hydrogens is 596 g/mol. The van der Waals surface area contributed by atoms with Gasteiger partial charge in [-0.25, -0.2) is 0 Å². The number of benzene rings is 1. The lowest BCUT2D eigenvalue weighted by molar-refractivity contribution is -0.258. The summed E-state index contributed by atoms with van der Waals surface area (Å²) in [6.45, 7) is 5.92. The number of rotatable bonds is 20. The molecule has 47 heavy (non-hydrogen) atoms. The molecule has 5 atom stereocenters. The van der Waals surface area contributed by atoms with E-state index in [4.69, 9.17) is 28.4 Å². The van der Waals surface area contributed by atoms with Crippen LogP contribution in [0.5, 0.6) is 5.75 Å². The van der Waals surface area contributed by atoms with E-state index < -0.39 is 17.8 Å². The summed E-state index contributed by atoms with van der Waals surface area (Å²) in [6, 6.07) is 7.80. The van der Waals surface area contributed by atoms with Gasteiger partial charge in [-0.1, -0.05) is 55.4 Å². The minimum atomic E-state index is -0.951. The van der Waals surface area contributed by atoms with Crippen molar-refractivity contribution in [1.29, 1.82) is 0 Å². The summed E-state index contributed by atoms with van der Waals surface area (Å²) in [7, 11) is 3.25. The number of carbonyl (C=O) groups excluding carboxylic acids is 2. The topological polar surface area (TPSA) is 89.5 Å².